The predicted molar refractivity (Wildman–Crippen MR) is 60.6 cm³/mol. The summed E-state index contributed by atoms with van der Waals surface area (Å²) in [5.41, 5.74) is 0.628. The number of aromatic hydroxyl groups is 1. The first-order valence-corrected chi connectivity index (χ1v) is 5.56. The fourth-order valence-corrected chi connectivity index (χ4v) is 1.92. The average Bonchev–Trinajstić information content (AvgIpc) is 3.00. The highest BCUT2D eigenvalue weighted by Gasteiger charge is 2.18. The molecule has 0 bridgehead atoms. The number of anilines is 1. The van der Waals surface area contributed by atoms with Crippen molar-refractivity contribution < 1.29 is 9.63 Å². The number of hydrogen-bond donors (Lipinski definition) is 1. The van der Waals surface area contributed by atoms with E-state index in [1.165, 1.54) is 6.20 Å². The summed E-state index contributed by atoms with van der Waals surface area (Å²) in [5, 5.41) is 13.3. The lowest BCUT2D eigenvalue weighted by atomic mass is 10.3. The molecule has 0 saturated carbocycles. The van der Waals surface area contributed by atoms with Crippen LogP contribution in [-0.2, 0) is 0 Å². The first-order chi connectivity index (χ1) is 8.33. The van der Waals surface area contributed by atoms with Crippen molar-refractivity contribution in [3.05, 3.63) is 18.5 Å². The molecule has 1 fully saturated rings. The third-order valence-corrected chi connectivity index (χ3v) is 2.77. The van der Waals surface area contributed by atoms with E-state index < -0.39 is 0 Å². The second-order valence-electron chi connectivity index (χ2n) is 4.03. The summed E-state index contributed by atoms with van der Waals surface area (Å²) in [5.74, 6) is 1.08. The molecule has 3 rings (SSSR count). The maximum Gasteiger partial charge on any atom is 0.266 e. The molecule has 1 aliphatic rings. The monoisotopic (exact) mass is 232 g/mol. The molecule has 2 aromatic heterocycles. The van der Waals surface area contributed by atoms with Crippen LogP contribution in [-0.4, -0.2) is 33.3 Å². The van der Waals surface area contributed by atoms with E-state index in [-0.39, 0.29) is 5.75 Å². The van der Waals surface area contributed by atoms with Crippen LogP contribution in [0.1, 0.15) is 12.8 Å². The van der Waals surface area contributed by atoms with Gasteiger partial charge < -0.3 is 14.5 Å². The van der Waals surface area contributed by atoms with Gasteiger partial charge in [-0.05, 0) is 24.1 Å². The first kappa shape index (κ1) is 10.1. The van der Waals surface area contributed by atoms with Gasteiger partial charge in [-0.15, -0.1) is 0 Å². The lowest BCUT2D eigenvalue weighted by molar-refractivity contribution is 0.429. The van der Waals surface area contributed by atoms with E-state index in [0.29, 0.717) is 17.4 Å². The lowest BCUT2D eigenvalue weighted by Crippen LogP contribution is -2.18. The van der Waals surface area contributed by atoms with Gasteiger partial charge in [0.05, 0.1) is 11.8 Å². The molecule has 0 aromatic carbocycles. The molecule has 88 valence electrons. The van der Waals surface area contributed by atoms with Crippen molar-refractivity contribution in [2.45, 2.75) is 12.8 Å². The van der Waals surface area contributed by atoms with Crippen LogP contribution in [0.25, 0.3) is 11.5 Å². The van der Waals surface area contributed by atoms with E-state index in [1.54, 1.807) is 12.3 Å². The Kier molecular flexibility index (Phi) is 2.40. The zero-order valence-electron chi connectivity index (χ0n) is 9.20. The van der Waals surface area contributed by atoms with Crippen molar-refractivity contribution in [3.63, 3.8) is 0 Å². The Morgan fingerprint density at radius 3 is 2.82 bits per heavy atom. The summed E-state index contributed by atoms with van der Waals surface area (Å²) in [4.78, 5) is 10.3. The van der Waals surface area contributed by atoms with Gasteiger partial charge in [0.1, 0.15) is 5.75 Å². The topological polar surface area (TPSA) is 75.3 Å². The molecule has 1 saturated heterocycles. The Labute approximate surface area is 97.9 Å². The van der Waals surface area contributed by atoms with Crippen LogP contribution in [0.2, 0.25) is 0 Å². The van der Waals surface area contributed by atoms with Gasteiger partial charge in [-0.1, -0.05) is 0 Å². The molecule has 3 heterocycles. The zero-order chi connectivity index (χ0) is 11.7. The largest absolute Gasteiger partial charge is 0.506 e. The molecule has 0 amide bonds. The standard InChI is InChI=1S/C11H12N4O2/c16-9-5-8(6-12-7-9)10-13-11(14-17-10)15-3-1-2-4-15/h5-7,16H,1-4H2. The molecule has 6 heteroatoms. The Morgan fingerprint density at radius 1 is 1.24 bits per heavy atom. The predicted octanol–water partition coefficient (Wildman–Crippen LogP) is 1.44. The normalized spacial score (nSPS) is 15.4. The fourth-order valence-electron chi connectivity index (χ4n) is 1.92. The van der Waals surface area contributed by atoms with E-state index in [9.17, 15) is 5.11 Å². The summed E-state index contributed by atoms with van der Waals surface area (Å²) in [6, 6.07) is 1.55. The van der Waals surface area contributed by atoms with Gasteiger partial charge in [-0.25, -0.2) is 0 Å². The van der Waals surface area contributed by atoms with Crippen LogP contribution < -0.4 is 4.90 Å². The SMILES string of the molecule is Oc1cncc(-c2nc(N3CCCC3)no2)c1. The van der Waals surface area contributed by atoms with Gasteiger partial charge in [0.25, 0.3) is 11.8 Å². The minimum Gasteiger partial charge on any atom is -0.506 e. The Bertz CT molecular complexity index is 520. The molecule has 0 atom stereocenters. The highest BCUT2D eigenvalue weighted by atomic mass is 16.5. The minimum absolute atomic E-state index is 0.0865. The van der Waals surface area contributed by atoms with Crippen LogP contribution in [0.5, 0.6) is 5.75 Å². The van der Waals surface area contributed by atoms with Crippen molar-refractivity contribution in [2.75, 3.05) is 18.0 Å². The Balaban J connectivity index is 1.89. The molecule has 6 nitrogen and oxygen atoms in total. The number of nitrogens with zero attached hydrogens (tertiary/aromatic N) is 4. The van der Waals surface area contributed by atoms with Crippen molar-refractivity contribution in [2.24, 2.45) is 0 Å². The van der Waals surface area contributed by atoms with Crippen LogP contribution in [0.3, 0.4) is 0 Å². The van der Waals surface area contributed by atoms with Gasteiger partial charge in [-0.2, -0.15) is 4.98 Å². The molecule has 2 aromatic rings. The minimum atomic E-state index is 0.0865. The number of aromatic nitrogens is 3. The molecule has 1 N–H and O–H groups in total. The summed E-state index contributed by atoms with van der Waals surface area (Å²) < 4.78 is 5.16. The van der Waals surface area contributed by atoms with E-state index in [0.717, 1.165) is 25.9 Å². The van der Waals surface area contributed by atoms with Crippen molar-refractivity contribution in [3.8, 4) is 17.2 Å². The van der Waals surface area contributed by atoms with Gasteiger partial charge in [-0.3, -0.25) is 4.98 Å². The smallest absolute Gasteiger partial charge is 0.266 e. The van der Waals surface area contributed by atoms with Crippen molar-refractivity contribution >= 4 is 5.95 Å². The average molecular weight is 232 g/mol. The van der Waals surface area contributed by atoms with Crippen LogP contribution in [0.15, 0.2) is 23.0 Å². The van der Waals surface area contributed by atoms with E-state index in [4.69, 9.17) is 4.52 Å². The molecule has 0 spiro atoms. The van der Waals surface area contributed by atoms with Gasteiger partial charge >= 0.3 is 0 Å². The molecule has 0 radical (unpaired) electrons. The number of rotatable bonds is 2. The fraction of sp³-hybridized carbons (Fsp3) is 0.364. The Hall–Kier alpha value is -2.11. The van der Waals surface area contributed by atoms with E-state index in [2.05, 4.69) is 20.0 Å². The van der Waals surface area contributed by atoms with Crippen LogP contribution >= 0.6 is 0 Å². The van der Waals surface area contributed by atoms with Crippen molar-refractivity contribution in [1.29, 1.82) is 0 Å². The highest BCUT2D eigenvalue weighted by Crippen LogP contribution is 2.23. The quantitative estimate of drug-likeness (QED) is 0.844. The van der Waals surface area contributed by atoms with Crippen molar-refractivity contribution in [1.82, 2.24) is 15.1 Å². The molecule has 0 unspecified atom stereocenters. The highest BCUT2D eigenvalue weighted by molar-refractivity contribution is 5.55. The molecule has 0 aliphatic carbocycles. The maximum absolute atomic E-state index is 9.33. The first-order valence-electron chi connectivity index (χ1n) is 5.56. The molecular weight excluding hydrogens is 220 g/mol. The van der Waals surface area contributed by atoms with Crippen LogP contribution in [0, 0.1) is 0 Å². The van der Waals surface area contributed by atoms with E-state index in [1.807, 2.05) is 0 Å². The second kappa shape index (κ2) is 4.04. The van der Waals surface area contributed by atoms with Crippen LogP contribution in [0.4, 0.5) is 5.95 Å². The van der Waals surface area contributed by atoms with Gasteiger partial charge in [0.2, 0.25) is 0 Å². The molecule has 17 heavy (non-hydrogen) atoms. The lowest BCUT2D eigenvalue weighted by Gasteiger charge is -2.09. The maximum atomic E-state index is 9.33. The molecule has 1 aliphatic heterocycles. The second-order valence-corrected chi connectivity index (χ2v) is 4.03. The summed E-state index contributed by atoms with van der Waals surface area (Å²) in [6.07, 6.45) is 5.28. The summed E-state index contributed by atoms with van der Waals surface area (Å²) >= 11 is 0. The zero-order valence-corrected chi connectivity index (χ0v) is 9.20. The summed E-state index contributed by atoms with van der Waals surface area (Å²) in [7, 11) is 0. The molecular formula is C11H12N4O2. The number of hydrogen-bond acceptors (Lipinski definition) is 6. The third kappa shape index (κ3) is 1.93. The third-order valence-electron chi connectivity index (χ3n) is 2.77. The van der Waals surface area contributed by atoms with E-state index >= 15 is 0 Å². The summed E-state index contributed by atoms with van der Waals surface area (Å²) in [6.45, 7) is 1.94. The van der Waals surface area contributed by atoms with Gasteiger partial charge in [0.15, 0.2) is 0 Å². The number of pyridine rings is 1. The Morgan fingerprint density at radius 2 is 2.06 bits per heavy atom. The van der Waals surface area contributed by atoms with Gasteiger partial charge in [0, 0.05) is 19.3 Å².